The molecule has 158 valence electrons. The van der Waals surface area contributed by atoms with Gasteiger partial charge in [0, 0.05) is 0 Å². The summed E-state index contributed by atoms with van der Waals surface area (Å²) in [4.78, 5) is 32.6. The minimum atomic E-state index is -4.43. The van der Waals surface area contributed by atoms with Gasteiger partial charge in [0.2, 0.25) is 0 Å². The fourth-order valence-electron chi connectivity index (χ4n) is 2.49. The first-order valence-corrected chi connectivity index (χ1v) is 9.54. The lowest BCUT2D eigenvalue weighted by Crippen LogP contribution is -2.19. The molecule has 0 saturated heterocycles. The van der Waals surface area contributed by atoms with Crippen LogP contribution in [0.2, 0.25) is 0 Å². The second kappa shape index (κ2) is 8.66. The molecule has 3 rings (SSSR count). The van der Waals surface area contributed by atoms with Gasteiger partial charge in [-0.2, -0.15) is 13.2 Å². The van der Waals surface area contributed by atoms with Crippen LogP contribution in [0.5, 0.6) is 5.75 Å². The minimum absolute atomic E-state index is 0.0493. The summed E-state index contributed by atoms with van der Waals surface area (Å²) < 4.78 is 47.0. The van der Waals surface area contributed by atoms with Crippen molar-refractivity contribution in [2.45, 2.75) is 20.0 Å². The Labute approximate surface area is 172 Å². The van der Waals surface area contributed by atoms with Crippen molar-refractivity contribution in [1.29, 1.82) is 0 Å². The van der Waals surface area contributed by atoms with Gasteiger partial charge in [-0.15, -0.1) is 0 Å². The van der Waals surface area contributed by atoms with E-state index in [9.17, 15) is 22.8 Å². The first kappa shape index (κ1) is 21.5. The van der Waals surface area contributed by atoms with Gasteiger partial charge < -0.3 is 9.47 Å². The number of anilines is 1. The molecule has 0 aliphatic heterocycles. The number of halogens is 3. The summed E-state index contributed by atoms with van der Waals surface area (Å²) in [5.74, 6) is -1.02. The Morgan fingerprint density at radius 2 is 1.93 bits per heavy atom. The lowest BCUT2D eigenvalue weighted by Gasteiger charge is -2.08. The molecule has 0 fully saturated rings. The van der Waals surface area contributed by atoms with Crippen LogP contribution in [-0.2, 0) is 4.74 Å². The number of aryl methyl sites for hydroxylation is 1. The number of carbonyl (C=O) groups excluding carboxylic acids is 2. The Bertz CT molecular complexity index is 1100. The molecule has 0 bridgehead atoms. The second-order valence-corrected chi connectivity index (χ2v) is 7.09. The lowest BCUT2D eigenvalue weighted by atomic mass is 10.2. The largest absolute Gasteiger partial charge is 0.484 e. The second-order valence-electron chi connectivity index (χ2n) is 6.06. The Balaban J connectivity index is 1.73. The number of pyridine rings is 1. The maximum atomic E-state index is 12.5. The molecule has 1 aromatic carbocycles. The number of hydrogen-bond acceptors (Lipinski definition) is 7. The lowest BCUT2D eigenvalue weighted by molar-refractivity contribution is -0.153. The SMILES string of the molecule is CCOC(=O)c1ccc(C(=O)Nc2nc3ccc(OCC(F)(F)F)cc3s2)nc1C. The molecule has 1 N–H and O–H groups in total. The molecule has 30 heavy (non-hydrogen) atoms. The van der Waals surface area contributed by atoms with Gasteiger partial charge in [0.25, 0.3) is 5.91 Å². The summed E-state index contributed by atoms with van der Waals surface area (Å²) >= 11 is 1.08. The number of amides is 1. The maximum absolute atomic E-state index is 12.5. The number of hydrogen-bond donors (Lipinski definition) is 1. The highest BCUT2D eigenvalue weighted by Crippen LogP contribution is 2.30. The van der Waals surface area contributed by atoms with Crippen molar-refractivity contribution in [2.24, 2.45) is 0 Å². The number of nitrogens with zero attached hydrogens (tertiary/aromatic N) is 2. The minimum Gasteiger partial charge on any atom is -0.484 e. The molecule has 2 aromatic heterocycles. The van der Waals surface area contributed by atoms with E-state index >= 15 is 0 Å². The predicted octanol–water partition coefficient (Wildman–Crippen LogP) is 4.37. The average Bonchev–Trinajstić information content (AvgIpc) is 3.07. The molecule has 0 spiro atoms. The van der Waals surface area contributed by atoms with Crippen LogP contribution >= 0.6 is 11.3 Å². The molecular weight excluding hydrogens is 423 g/mol. The number of aromatic nitrogens is 2. The molecule has 0 radical (unpaired) electrons. The van der Waals surface area contributed by atoms with E-state index in [1.165, 1.54) is 30.3 Å². The van der Waals surface area contributed by atoms with E-state index in [0.717, 1.165) is 11.3 Å². The Morgan fingerprint density at radius 1 is 1.17 bits per heavy atom. The smallest absolute Gasteiger partial charge is 0.422 e. The number of fused-ring (bicyclic) bond motifs is 1. The Kier molecular flexibility index (Phi) is 6.20. The summed E-state index contributed by atoms with van der Waals surface area (Å²) in [6.07, 6.45) is -4.43. The summed E-state index contributed by atoms with van der Waals surface area (Å²) in [5, 5.41) is 2.84. The summed E-state index contributed by atoms with van der Waals surface area (Å²) in [5.41, 5.74) is 1.18. The van der Waals surface area contributed by atoms with Crippen molar-refractivity contribution in [1.82, 2.24) is 9.97 Å². The maximum Gasteiger partial charge on any atom is 0.422 e. The highest BCUT2D eigenvalue weighted by atomic mass is 32.1. The molecule has 7 nitrogen and oxygen atoms in total. The van der Waals surface area contributed by atoms with Crippen LogP contribution in [0.15, 0.2) is 30.3 Å². The number of benzene rings is 1. The van der Waals surface area contributed by atoms with E-state index < -0.39 is 24.7 Å². The van der Waals surface area contributed by atoms with Gasteiger partial charge in [-0.25, -0.2) is 14.8 Å². The van der Waals surface area contributed by atoms with Crippen molar-refractivity contribution in [3.8, 4) is 5.75 Å². The predicted molar refractivity (Wildman–Crippen MR) is 104 cm³/mol. The zero-order valence-corrected chi connectivity index (χ0v) is 16.7. The summed E-state index contributed by atoms with van der Waals surface area (Å²) in [6, 6.07) is 7.15. The molecular formula is C19H16F3N3O4S. The summed E-state index contributed by atoms with van der Waals surface area (Å²) in [6.45, 7) is 2.10. The van der Waals surface area contributed by atoms with E-state index in [0.29, 0.717) is 15.9 Å². The standard InChI is InChI=1S/C19H16F3N3O4S/c1-3-28-17(27)12-5-7-14(23-10(12)2)16(26)25-18-24-13-6-4-11(8-15(13)30-18)29-9-19(20,21)22/h4-8H,3,9H2,1-2H3,(H,24,25,26). The van der Waals surface area contributed by atoms with Gasteiger partial charge in [-0.05, 0) is 44.2 Å². The number of thiazole rings is 1. The van der Waals surface area contributed by atoms with E-state index in [-0.39, 0.29) is 28.7 Å². The zero-order valence-electron chi connectivity index (χ0n) is 15.9. The molecule has 0 saturated carbocycles. The topological polar surface area (TPSA) is 90.4 Å². The zero-order chi connectivity index (χ0) is 21.9. The Morgan fingerprint density at radius 3 is 2.60 bits per heavy atom. The first-order chi connectivity index (χ1) is 14.2. The Hall–Kier alpha value is -3.21. The van der Waals surface area contributed by atoms with Crippen molar-refractivity contribution >= 4 is 38.6 Å². The first-order valence-electron chi connectivity index (χ1n) is 8.72. The molecule has 2 heterocycles. The molecule has 0 aliphatic rings. The highest BCUT2D eigenvalue weighted by molar-refractivity contribution is 7.22. The fourth-order valence-corrected chi connectivity index (χ4v) is 3.38. The third-order valence-corrected chi connectivity index (χ3v) is 4.73. The van der Waals surface area contributed by atoms with Crippen LogP contribution < -0.4 is 10.1 Å². The molecule has 3 aromatic rings. The number of rotatable bonds is 6. The van der Waals surface area contributed by atoms with E-state index in [1.54, 1.807) is 13.8 Å². The molecule has 11 heteroatoms. The molecule has 0 atom stereocenters. The van der Waals surface area contributed by atoms with E-state index in [2.05, 4.69) is 15.3 Å². The molecule has 0 unspecified atom stereocenters. The van der Waals surface area contributed by atoms with Crippen molar-refractivity contribution in [2.75, 3.05) is 18.5 Å². The number of esters is 1. The van der Waals surface area contributed by atoms with Crippen LogP contribution in [0.1, 0.15) is 33.5 Å². The quantitative estimate of drug-likeness (QED) is 0.574. The van der Waals surface area contributed by atoms with Gasteiger partial charge >= 0.3 is 12.1 Å². The van der Waals surface area contributed by atoms with Crippen LogP contribution in [0, 0.1) is 6.92 Å². The average molecular weight is 439 g/mol. The van der Waals surface area contributed by atoms with Crippen LogP contribution in [0.3, 0.4) is 0 Å². The van der Waals surface area contributed by atoms with Crippen LogP contribution in [0.25, 0.3) is 10.2 Å². The van der Waals surface area contributed by atoms with Crippen molar-refractivity contribution in [3.05, 3.63) is 47.3 Å². The normalized spacial score (nSPS) is 11.4. The van der Waals surface area contributed by atoms with Gasteiger partial charge in [0.05, 0.1) is 28.1 Å². The number of nitrogens with one attached hydrogen (secondary N) is 1. The third kappa shape index (κ3) is 5.23. The van der Waals surface area contributed by atoms with Gasteiger partial charge in [0.1, 0.15) is 11.4 Å². The number of ether oxygens (including phenoxy) is 2. The van der Waals surface area contributed by atoms with Gasteiger partial charge in [-0.3, -0.25) is 10.1 Å². The van der Waals surface area contributed by atoms with Crippen LogP contribution in [0.4, 0.5) is 18.3 Å². The van der Waals surface area contributed by atoms with Crippen molar-refractivity contribution in [3.63, 3.8) is 0 Å². The third-order valence-electron chi connectivity index (χ3n) is 3.80. The monoisotopic (exact) mass is 439 g/mol. The van der Waals surface area contributed by atoms with Gasteiger partial charge in [0.15, 0.2) is 11.7 Å². The molecule has 1 amide bonds. The fraction of sp³-hybridized carbons (Fsp3) is 0.263. The highest BCUT2D eigenvalue weighted by Gasteiger charge is 2.28. The van der Waals surface area contributed by atoms with Gasteiger partial charge in [-0.1, -0.05) is 11.3 Å². The van der Waals surface area contributed by atoms with Crippen molar-refractivity contribution < 1.29 is 32.2 Å². The number of alkyl halides is 3. The number of carbonyl (C=O) groups is 2. The molecule has 0 aliphatic carbocycles. The van der Waals surface area contributed by atoms with Crippen LogP contribution in [-0.4, -0.2) is 41.2 Å². The summed E-state index contributed by atoms with van der Waals surface area (Å²) in [7, 11) is 0. The van der Waals surface area contributed by atoms with E-state index in [1.807, 2.05) is 0 Å². The van der Waals surface area contributed by atoms with E-state index in [4.69, 9.17) is 9.47 Å².